The van der Waals surface area contributed by atoms with Gasteiger partial charge in [0.1, 0.15) is 19.8 Å². The lowest BCUT2D eigenvalue weighted by atomic mass is 10.1. The Hall–Kier alpha value is -2.59. The highest BCUT2D eigenvalue weighted by molar-refractivity contribution is 7.47. The number of phosphoric acid groups is 1. The summed E-state index contributed by atoms with van der Waals surface area (Å²) < 4.78 is 40.0. The summed E-state index contributed by atoms with van der Waals surface area (Å²) in [5, 5.41) is 0. The molecular formula is C48H83NO9P+. The standard InChI is InChI=1S/C48H82NO9P/c1-6-8-10-12-14-15-16-17-18-19-20-21-22-23-26-30-34-38-47(50)54-42-44(43-56-59(52,53)55-41-40-49(3,4)5)57-48(51)39-35-31-27-24-25-29-33-37-46-45(58-46)36-32-28-13-11-9-7-2/h14-15,17-18,20-21,24,27-29,32-33,44-46H,6-13,16,19,22-23,25-26,30-31,34-43H2,1-5H3/p+1/b15-14-,18-17-,21-20-,27-24-,32-28-,33-29-/t44-,45?,46?/m1/s1. The van der Waals surface area contributed by atoms with E-state index in [0.717, 1.165) is 64.2 Å². The van der Waals surface area contributed by atoms with Gasteiger partial charge in [0.05, 0.1) is 40.0 Å². The quantitative estimate of drug-likeness (QED) is 0.0161. The van der Waals surface area contributed by atoms with E-state index < -0.39 is 32.5 Å². The number of unbranched alkanes of at least 4 members (excludes halogenated alkanes) is 11. The molecule has 0 aromatic heterocycles. The van der Waals surface area contributed by atoms with E-state index in [0.29, 0.717) is 42.5 Å². The molecule has 59 heavy (non-hydrogen) atoms. The Labute approximate surface area is 359 Å². The van der Waals surface area contributed by atoms with Gasteiger partial charge in [0.25, 0.3) is 0 Å². The van der Waals surface area contributed by atoms with Gasteiger partial charge in [0.2, 0.25) is 0 Å². The van der Waals surface area contributed by atoms with Crippen LogP contribution in [0.5, 0.6) is 0 Å². The molecule has 1 rings (SSSR count). The molecule has 3 unspecified atom stereocenters. The van der Waals surface area contributed by atoms with Crippen molar-refractivity contribution in [2.75, 3.05) is 47.5 Å². The minimum absolute atomic E-state index is 0.0115. The van der Waals surface area contributed by atoms with Crippen molar-refractivity contribution in [3.05, 3.63) is 72.9 Å². The van der Waals surface area contributed by atoms with Gasteiger partial charge in [0.15, 0.2) is 6.10 Å². The van der Waals surface area contributed by atoms with E-state index in [4.69, 9.17) is 23.3 Å². The average molecular weight is 849 g/mol. The molecule has 10 nitrogen and oxygen atoms in total. The first kappa shape index (κ1) is 54.4. The van der Waals surface area contributed by atoms with E-state index in [-0.39, 0.29) is 26.1 Å². The van der Waals surface area contributed by atoms with Crippen molar-refractivity contribution in [3.63, 3.8) is 0 Å². The molecule has 0 aliphatic carbocycles. The smallest absolute Gasteiger partial charge is 0.462 e. The van der Waals surface area contributed by atoms with Gasteiger partial charge in [-0.2, -0.15) is 0 Å². The van der Waals surface area contributed by atoms with Crippen LogP contribution in [0.3, 0.4) is 0 Å². The summed E-state index contributed by atoms with van der Waals surface area (Å²) in [7, 11) is 1.41. The fourth-order valence-electron chi connectivity index (χ4n) is 5.88. The van der Waals surface area contributed by atoms with Crippen molar-refractivity contribution in [1.29, 1.82) is 0 Å². The molecule has 0 radical (unpaired) electrons. The summed E-state index contributed by atoms with van der Waals surface area (Å²) >= 11 is 0. The Morgan fingerprint density at radius 3 is 1.66 bits per heavy atom. The second kappa shape index (κ2) is 36.1. The van der Waals surface area contributed by atoms with Crippen LogP contribution in [0.2, 0.25) is 0 Å². The van der Waals surface area contributed by atoms with Crippen LogP contribution in [0.25, 0.3) is 0 Å². The Balaban J connectivity index is 2.34. The van der Waals surface area contributed by atoms with Crippen LogP contribution in [0.15, 0.2) is 72.9 Å². The number of carbonyl (C=O) groups is 2. The SMILES string of the molecule is CCCCC/C=C\C/C=C\C/C=C\CCCCCCC(=O)OC[C@H](COP(=O)(O)OCC[N+](C)(C)C)OC(=O)CCC/C=C\C/C=C\CC1OC1C/C=C\CCCCC. The Kier molecular flexibility index (Phi) is 33.3. The minimum atomic E-state index is -4.41. The molecule has 4 atom stereocenters. The van der Waals surface area contributed by atoms with E-state index in [1.54, 1.807) is 0 Å². The molecule has 1 fully saturated rings. The summed E-state index contributed by atoms with van der Waals surface area (Å²) in [6.45, 7) is 4.24. The summed E-state index contributed by atoms with van der Waals surface area (Å²) in [5.74, 6) is -0.902. The molecule has 1 aliphatic heterocycles. The lowest BCUT2D eigenvalue weighted by Gasteiger charge is -2.24. The minimum Gasteiger partial charge on any atom is -0.462 e. The van der Waals surface area contributed by atoms with Crippen LogP contribution in [0.1, 0.15) is 155 Å². The second-order valence-corrected chi connectivity index (χ2v) is 17.9. The highest BCUT2D eigenvalue weighted by Crippen LogP contribution is 2.43. The normalized spacial score (nSPS) is 17.7. The molecule has 0 bridgehead atoms. The van der Waals surface area contributed by atoms with Gasteiger partial charge < -0.3 is 23.6 Å². The third kappa shape index (κ3) is 36.9. The number of rotatable bonds is 39. The Morgan fingerprint density at radius 2 is 1.08 bits per heavy atom. The van der Waals surface area contributed by atoms with Crippen molar-refractivity contribution in [3.8, 4) is 0 Å². The molecule has 338 valence electrons. The number of hydrogen-bond acceptors (Lipinski definition) is 8. The van der Waals surface area contributed by atoms with Gasteiger partial charge in [-0.25, -0.2) is 4.57 Å². The van der Waals surface area contributed by atoms with Crippen LogP contribution >= 0.6 is 7.82 Å². The first-order valence-electron chi connectivity index (χ1n) is 22.8. The zero-order valence-electron chi connectivity index (χ0n) is 37.7. The Bertz CT molecular complexity index is 1300. The van der Waals surface area contributed by atoms with Crippen LogP contribution < -0.4 is 0 Å². The average Bonchev–Trinajstić information content (AvgIpc) is 3.94. The van der Waals surface area contributed by atoms with E-state index >= 15 is 0 Å². The number of carbonyl (C=O) groups excluding carboxylic acids is 2. The van der Waals surface area contributed by atoms with Gasteiger partial charge in [-0.1, -0.05) is 125 Å². The van der Waals surface area contributed by atoms with Crippen LogP contribution in [0.4, 0.5) is 0 Å². The second-order valence-electron chi connectivity index (χ2n) is 16.5. The number of quaternary nitrogens is 1. The maximum absolute atomic E-state index is 12.7. The van der Waals surface area contributed by atoms with Gasteiger partial charge in [-0.3, -0.25) is 18.6 Å². The molecule has 0 aromatic rings. The fraction of sp³-hybridized carbons (Fsp3) is 0.708. The number of allylic oxidation sites excluding steroid dienone is 10. The topological polar surface area (TPSA) is 121 Å². The highest BCUT2D eigenvalue weighted by Gasteiger charge is 2.36. The summed E-state index contributed by atoms with van der Waals surface area (Å²) in [6, 6.07) is 0. The number of epoxide rings is 1. The van der Waals surface area contributed by atoms with Crippen molar-refractivity contribution < 1.29 is 46.8 Å². The molecule has 0 saturated carbocycles. The predicted molar refractivity (Wildman–Crippen MR) is 242 cm³/mol. The summed E-state index contributed by atoms with van der Waals surface area (Å²) in [6.07, 6.45) is 47.0. The maximum atomic E-state index is 12.7. The number of nitrogens with zero attached hydrogens (tertiary/aromatic N) is 1. The molecule has 11 heteroatoms. The van der Waals surface area contributed by atoms with Crippen molar-refractivity contribution >= 4 is 19.8 Å². The summed E-state index contributed by atoms with van der Waals surface area (Å²) in [4.78, 5) is 35.4. The van der Waals surface area contributed by atoms with Crippen LogP contribution in [0, 0.1) is 0 Å². The molecule has 0 spiro atoms. The van der Waals surface area contributed by atoms with Crippen molar-refractivity contribution in [1.82, 2.24) is 0 Å². The van der Waals surface area contributed by atoms with E-state index in [1.165, 1.54) is 44.9 Å². The first-order chi connectivity index (χ1) is 28.5. The monoisotopic (exact) mass is 849 g/mol. The van der Waals surface area contributed by atoms with E-state index in [1.807, 2.05) is 27.2 Å². The van der Waals surface area contributed by atoms with Gasteiger partial charge in [0, 0.05) is 12.8 Å². The molecule has 1 aliphatic rings. The third-order valence-electron chi connectivity index (χ3n) is 9.61. The number of ether oxygens (including phenoxy) is 3. The lowest BCUT2D eigenvalue weighted by molar-refractivity contribution is -0.870. The Morgan fingerprint density at radius 1 is 0.610 bits per heavy atom. The van der Waals surface area contributed by atoms with Gasteiger partial charge in [-0.15, -0.1) is 0 Å². The van der Waals surface area contributed by atoms with Crippen LogP contribution in [-0.2, 0) is 37.4 Å². The van der Waals surface area contributed by atoms with Crippen molar-refractivity contribution in [2.24, 2.45) is 0 Å². The largest absolute Gasteiger partial charge is 0.472 e. The molecule has 0 aromatic carbocycles. The fourth-order valence-corrected chi connectivity index (χ4v) is 6.62. The van der Waals surface area contributed by atoms with E-state index in [9.17, 15) is 19.0 Å². The van der Waals surface area contributed by atoms with E-state index in [2.05, 4.69) is 80.7 Å². The molecule has 1 saturated heterocycles. The van der Waals surface area contributed by atoms with Gasteiger partial charge in [-0.05, 0) is 89.9 Å². The third-order valence-corrected chi connectivity index (χ3v) is 10.6. The lowest BCUT2D eigenvalue weighted by Crippen LogP contribution is -2.37. The molecule has 0 amide bonds. The predicted octanol–water partition coefficient (Wildman–Crippen LogP) is 12.0. The molecule has 1 N–H and O–H groups in total. The van der Waals surface area contributed by atoms with Gasteiger partial charge >= 0.3 is 19.8 Å². The summed E-state index contributed by atoms with van der Waals surface area (Å²) in [5.41, 5.74) is 0. The number of phosphoric ester groups is 1. The highest BCUT2D eigenvalue weighted by atomic mass is 31.2. The number of likely N-dealkylation sites (N-methyl/N-ethyl adjacent to an activating group) is 1. The zero-order chi connectivity index (χ0) is 43.3. The van der Waals surface area contributed by atoms with Crippen LogP contribution in [-0.4, -0.2) is 87.1 Å². The molecule has 1 heterocycles. The molecular weight excluding hydrogens is 765 g/mol. The number of hydrogen-bond donors (Lipinski definition) is 1. The maximum Gasteiger partial charge on any atom is 0.472 e. The zero-order valence-corrected chi connectivity index (χ0v) is 38.5. The van der Waals surface area contributed by atoms with Crippen molar-refractivity contribution in [2.45, 2.75) is 173 Å². The number of esters is 2. The first-order valence-corrected chi connectivity index (χ1v) is 24.3.